The fourth-order valence-corrected chi connectivity index (χ4v) is 4.96. The molecule has 8 nitrogen and oxygen atoms in total. The van der Waals surface area contributed by atoms with Crippen molar-refractivity contribution in [3.63, 3.8) is 0 Å². The molecule has 0 spiro atoms. The Morgan fingerprint density at radius 2 is 1.96 bits per heavy atom. The second kappa shape index (κ2) is 5.77. The lowest BCUT2D eigenvalue weighted by Crippen LogP contribution is -2.40. The maximum atomic E-state index is 12.6. The smallest absolute Gasteiger partial charge is 0.272 e. The van der Waals surface area contributed by atoms with E-state index < -0.39 is 0 Å². The van der Waals surface area contributed by atoms with Gasteiger partial charge in [0.1, 0.15) is 0 Å². The molecule has 4 aliphatic rings. The van der Waals surface area contributed by atoms with Crippen LogP contribution >= 0.6 is 0 Å². The molecule has 2 aliphatic heterocycles. The highest BCUT2D eigenvalue weighted by Gasteiger charge is 2.58. The van der Waals surface area contributed by atoms with Gasteiger partial charge in [0.05, 0.1) is 11.8 Å². The second-order valence-electron chi connectivity index (χ2n) is 7.54. The minimum Gasteiger partial charge on any atom is -0.349 e. The van der Waals surface area contributed by atoms with Crippen LogP contribution in [0.5, 0.6) is 0 Å². The van der Waals surface area contributed by atoms with Gasteiger partial charge in [-0.15, -0.1) is 0 Å². The third kappa shape index (κ3) is 2.18. The number of H-pyrrole nitrogens is 1. The Kier molecular flexibility index (Phi) is 3.49. The fraction of sp³-hybridized carbons (Fsp3) is 0.556. The Labute approximate surface area is 150 Å². The third-order valence-corrected chi connectivity index (χ3v) is 6.20. The summed E-state index contributed by atoms with van der Waals surface area (Å²) in [6.07, 6.45) is 5.91. The summed E-state index contributed by atoms with van der Waals surface area (Å²) in [5.41, 5.74) is 2.29. The van der Waals surface area contributed by atoms with Crippen LogP contribution in [-0.2, 0) is 22.6 Å². The van der Waals surface area contributed by atoms with Gasteiger partial charge < -0.3 is 10.6 Å². The van der Waals surface area contributed by atoms with Crippen molar-refractivity contribution < 1.29 is 14.4 Å². The van der Waals surface area contributed by atoms with Gasteiger partial charge in [-0.3, -0.25) is 24.4 Å². The maximum Gasteiger partial charge on any atom is 0.272 e. The molecule has 1 saturated carbocycles. The second-order valence-corrected chi connectivity index (χ2v) is 7.54. The van der Waals surface area contributed by atoms with Crippen LogP contribution in [0.2, 0.25) is 0 Å². The summed E-state index contributed by atoms with van der Waals surface area (Å²) in [4.78, 5) is 39.0. The molecule has 136 valence electrons. The lowest BCUT2D eigenvalue weighted by Gasteiger charge is -2.17. The van der Waals surface area contributed by atoms with Crippen molar-refractivity contribution >= 4 is 17.7 Å². The number of aromatic amines is 1. The zero-order valence-corrected chi connectivity index (χ0v) is 14.3. The summed E-state index contributed by atoms with van der Waals surface area (Å²) < 4.78 is 0. The molecule has 26 heavy (non-hydrogen) atoms. The van der Waals surface area contributed by atoms with Crippen molar-refractivity contribution in [2.75, 3.05) is 19.6 Å². The van der Waals surface area contributed by atoms with Gasteiger partial charge >= 0.3 is 0 Å². The number of rotatable bonds is 4. The van der Waals surface area contributed by atoms with E-state index in [0.717, 1.165) is 30.6 Å². The van der Waals surface area contributed by atoms with E-state index in [1.807, 2.05) is 0 Å². The van der Waals surface area contributed by atoms with Gasteiger partial charge in [0, 0.05) is 43.9 Å². The Balaban J connectivity index is 1.21. The van der Waals surface area contributed by atoms with E-state index in [2.05, 4.69) is 33.0 Å². The number of nitrogens with zero attached hydrogens (tertiary/aromatic N) is 2. The minimum absolute atomic E-state index is 0.0764. The highest BCUT2D eigenvalue weighted by molar-refractivity contribution is 6.06. The normalized spacial score (nSPS) is 31.5. The summed E-state index contributed by atoms with van der Waals surface area (Å²) in [7, 11) is 0. The molecular weight excluding hydrogens is 334 g/mol. The average Bonchev–Trinajstić information content (AvgIpc) is 3.40. The van der Waals surface area contributed by atoms with E-state index in [4.69, 9.17) is 0 Å². The first-order chi connectivity index (χ1) is 12.6. The van der Waals surface area contributed by atoms with E-state index in [-0.39, 0.29) is 54.5 Å². The molecule has 4 unspecified atom stereocenters. The number of carbonyl (C=O) groups excluding carboxylic acids is 3. The molecule has 2 bridgehead atoms. The quantitative estimate of drug-likeness (QED) is 0.503. The first-order valence-corrected chi connectivity index (χ1v) is 9.23. The predicted molar refractivity (Wildman–Crippen MR) is 90.8 cm³/mol. The van der Waals surface area contributed by atoms with Crippen LogP contribution in [0.1, 0.15) is 28.2 Å². The molecule has 5 rings (SSSR count). The van der Waals surface area contributed by atoms with Crippen molar-refractivity contribution in [3.8, 4) is 0 Å². The molecule has 1 saturated heterocycles. The van der Waals surface area contributed by atoms with E-state index in [9.17, 15) is 14.4 Å². The van der Waals surface area contributed by atoms with Gasteiger partial charge in [0.15, 0.2) is 5.69 Å². The number of amides is 3. The van der Waals surface area contributed by atoms with Crippen molar-refractivity contribution in [2.45, 2.75) is 19.4 Å². The number of fused-ring (bicyclic) bond motifs is 6. The summed E-state index contributed by atoms with van der Waals surface area (Å²) >= 11 is 0. The molecular formula is C18H21N5O3. The molecule has 3 N–H and O–H groups in total. The van der Waals surface area contributed by atoms with Gasteiger partial charge in [-0.1, -0.05) is 12.2 Å². The molecule has 4 atom stereocenters. The molecule has 0 aromatic carbocycles. The Bertz CT molecular complexity index is 799. The predicted octanol–water partition coefficient (Wildman–Crippen LogP) is -0.408. The number of carbonyl (C=O) groups is 3. The standard InChI is InChI=1S/C18H21N5O3/c24-16(15-11-8-19-4-3-12(11)21-22-15)20-5-6-23-17(25)13-9-1-2-10(7-9)14(13)18(23)26/h1-2,9-10,13-14,19H,3-8H2,(H,20,24)(H,21,22). The number of hydrogen-bond acceptors (Lipinski definition) is 5. The van der Waals surface area contributed by atoms with Crippen molar-refractivity contribution in [1.82, 2.24) is 25.7 Å². The number of nitrogens with one attached hydrogen (secondary N) is 3. The molecule has 3 heterocycles. The highest BCUT2D eigenvalue weighted by atomic mass is 16.2. The van der Waals surface area contributed by atoms with E-state index >= 15 is 0 Å². The number of allylic oxidation sites excluding steroid dienone is 2. The monoisotopic (exact) mass is 355 g/mol. The molecule has 1 aromatic rings. The van der Waals surface area contributed by atoms with Crippen molar-refractivity contribution in [2.24, 2.45) is 23.7 Å². The number of aromatic nitrogens is 2. The van der Waals surface area contributed by atoms with Crippen molar-refractivity contribution in [1.29, 1.82) is 0 Å². The largest absolute Gasteiger partial charge is 0.349 e. The summed E-state index contributed by atoms with van der Waals surface area (Å²) in [5.74, 6) is -0.365. The summed E-state index contributed by atoms with van der Waals surface area (Å²) in [6, 6.07) is 0. The SMILES string of the molecule is O=C(NCCN1C(=O)C2C3C=CC(C3)C2C1=O)c1n[nH]c2c1CNCC2. The van der Waals surface area contributed by atoms with E-state index in [1.165, 1.54) is 4.90 Å². The zero-order chi connectivity index (χ0) is 17.8. The van der Waals surface area contributed by atoms with E-state index in [0.29, 0.717) is 12.2 Å². The topological polar surface area (TPSA) is 107 Å². The first-order valence-electron chi connectivity index (χ1n) is 9.23. The number of imide groups is 1. The summed E-state index contributed by atoms with van der Waals surface area (Å²) in [5, 5.41) is 13.1. The lowest BCUT2D eigenvalue weighted by molar-refractivity contribution is -0.140. The molecule has 1 aromatic heterocycles. The number of hydrogen-bond donors (Lipinski definition) is 3. The van der Waals surface area contributed by atoms with Crippen LogP contribution < -0.4 is 10.6 Å². The number of likely N-dealkylation sites (tertiary alicyclic amines) is 1. The molecule has 0 radical (unpaired) electrons. The van der Waals surface area contributed by atoms with Gasteiger partial charge in [-0.05, 0) is 18.3 Å². The van der Waals surface area contributed by atoms with Gasteiger partial charge in [-0.2, -0.15) is 5.10 Å². The zero-order valence-electron chi connectivity index (χ0n) is 14.3. The summed E-state index contributed by atoms with van der Waals surface area (Å²) in [6.45, 7) is 1.96. The van der Waals surface area contributed by atoms with Crippen LogP contribution in [0, 0.1) is 23.7 Å². The van der Waals surface area contributed by atoms with Gasteiger partial charge in [0.25, 0.3) is 5.91 Å². The van der Waals surface area contributed by atoms with Crippen LogP contribution in [0.25, 0.3) is 0 Å². The highest BCUT2D eigenvalue weighted by Crippen LogP contribution is 2.52. The Morgan fingerprint density at radius 3 is 2.69 bits per heavy atom. The molecule has 2 fully saturated rings. The van der Waals surface area contributed by atoms with Crippen LogP contribution in [0.4, 0.5) is 0 Å². The van der Waals surface area contributed by atoms with Crippen LogP contribution in [0.3, 0.4) is 0 Å². The van der Waals surface area contributed by atoms with Crippen LogP contribution in [0.15, 0.2) is 12.2 Å². The van der Waals surface area contributed by atoms with Gasteiger partial charge in [0.2, 0.25) is 11.8 Å². The maximum absolute atomic E-state index is 12.6. The van der Waals surface area contributed by atoms with E-state index in [1.54, 1.807) is 0 Å². The van der Waals surface area contributed by atoms with Crippen LogP contribution in [-0.4, -0.2) is 52.5 Å². The Hall–Kier alpha value is -2.48. The average molecular weight is 355 g/mol. The van der Waals surface area contributed by atoms with Gasteiger partial charge in [-0.25, -0.2) is 0 Å². The molecule has 3 amide bonds. The lowest BCUT2D eigenvalue weighted by atomic mass is 9.85. The molecule has 2 aliphatic carbocycles. The minimum atomic E-state index is -0.271. The first kappa shape index (κ1) is 15.7. The Morgan fingerprint density at radius 1 is 1.23 bits per heavy atom. The fourth-order valence-electron chi connectivity index (χ4n) is 4.96. The third-order valence-electron chi connectivity index (χ3n) is 6.20. The molecule has 8 heteroatoms. The van der Waals surface area contributed by atoms with Crippen molar-refractivity contribution in [3.05, 3.63) is 29.1 Å².